The predicted molar refractivity (Wildman–Crippen MR) is 35.4 cm³/mol. The van der Waals surface area contributed by atoms with Gasteiger partial charge in [0, 0.05) is 0 Å². The van der Waals surface area contributed by atoms with E-state index in [1.165, 1.54) is 7.05 Å². The summed E-state index contributed by atoms with van der Waals surface area (Å²) in [5.74, 6) is -0.262. The third kappa shape index (κ3) is 1.13. The lowest BCUT2D eigenvalue weighted by atomic mass is 10.8. The van der Waals surface area contributed by atoms with Crippen molar-refractivity contribution in [1.29, 1.82) is 0 Å². The molecule has 0 fully saturated rings. The molecule has 1 aromatic heterocycles. The van der Waals surface area contributed by atoms with Crippen LogP contribution in [0.3, 0.4) is 0 Å². The summed E-state index contributed by atoms with van der Waals surface area (Å²) in [6.07, 6.45) is 0. The molecule has 0 radical (unpaired) electrons. The van der Waals surface area contributed by atoms with Gasteiger partial charge >= 0.3 is 5.82 Å². The first kappa shape index (κ1) is 7.13. The summed E-state index contributed by atoms with van der Waals surface area (Å²) >= 11 is 2.88. The molecule has 0 N–H and O–H groups in total. The van der Waals surface area contributed by atoms with Crippen LogP contribution in [0.5, 0.6) is 0 Å². The van der Waals surface area contributed by atoms with E-state index in [0.29, 0.717) is 0 Å². The molecule has 0 aliphatic rings. The highest BCUT2D eigenvalue weighted by Gasteiger charge is 2.18. The molecule has 0 bridgehead atoms. The number of halogens is 1. The molecule has 0 saturated heterocycles. The van der Waals surface area contributed by atoms with Crippen LogP contribution in [0.4, 0.5) is 5.82 Å². The number of hydrogen-bond donors (Lipinski definition) is 0. The van der Waals surface area contributed by atoms with Gasteiger partial charge in [0.15, 0.2) is 0 Å². The number of nitrogens with zero attached hydrogens (tertiary/aromatic N) is 4. The van der Waals surface area contributed by atoms with Crippen molar-refractivity contribution in [1.82, 2.24) is 15.0 Å². The molecule has 0 aliphatic heterocycles. The average Bonchev–Trinajstić information content (AvgIpc) is 2.10. The molecular weight excluding hydrogens is 204 g/mol. The molecule has 54 valence electrons. The van der Waals surface area contributed by atoms with Gasteiger partial charge in [-0.2, -0.15) is 0 Å². The largest absolute Gasteiger partial charge is 0.424 e. The van der Waals surface area contributed by atoms with Crippen molar-refractivity contribution >= 4 is 21.7 Å². The van der Waals surface area contributed by atoms with Gasteiger partial charge in [0.05, 0.1) is 12.1 Å². The standard InChI is InChI=1S/C3H3BrN4O2/c1-7-5-2(4)3(6-7)8(9)10/h1H3. The Bertz CT molecular complexity index is 269. The molecule has 0 amide bonds. The Balaban J connectivity index is 3.15. The zero-order valence-corrected chi connectivity index (χ0v) is 6.57. The Morgan fingerprint density at radius 2 is 2.30 bits per heavy atom. The Kier molecular flexibility index (Phi) is 1.66. The maximum Gasteiger partial charge on any atom is 0.424 e. The van der Waals surface area contributed by atoms with E-state index < -0.39 is 4.92 Å². The van der Waals surface area contributed by atoms with Crippen LogP contribution >= 0.6 is 15.9 Å². The minimum absolute atomic E-state index is 0.153. The summed E-state index contributed by atoms with van der Waals surface area (Å²) in [4.78, 5) is 10.6. The summed E-state index contributed by atoms with van der Waals surface area (Å²) in [6, 6.07) is 0. The van der Waals surface area contributed by atoms with Crippen molar-refractivity contribution in [3.05, 3.63) is 14.7 Å². The smallest absolute Gasteiger partial charge is 0.358 e. The zero-order chi connectivity index (χ0) is 7.72. The van der Waals surface area contributed by atoms with Crippen molar-refractivity contribution in [3.63, 3.8) is 0 Å². The SMILES string of the molecule is Cn1nc(Br)c([N+](=O)[O-])n1. The molecular formula is C3H3BrN4O2. The number of aryl methyl sites for hydroxylation is 1. The minimum Gasteiger partial charge on any atom is -0.358 e. The normalized spacial score (nSPS) is 9.80. The van der Waals surface area contributed by atoms with Crippen molar-refractivity contribution in [2.24, 2.45) is 7.05 Å². The highest BCUT2D eigenvalue weighted by Crippen LogP contribution is 2.17. The summed E-state index contributed by atoms with van der Waals surface area (Å²) < 4.78 is 0.153. The van der Waals surface area contributed by atoms with Crippen LogP contribution in [0.25, 0.3) is 0 Å². The topological polar surface area (TPSA) is 73.8 Å². The third-order valence-corrected chi connectivity index (χ3v) is 1.34. The predicted octanol–water partition coefficient (Wildman–Crippen LogP) is 0.486. The fourth-order valence-corrected chi connectivity index (χ4v) is 0.938. The summed E-state index contributed by atoms with van der Waals surface area (Å²) in [5.41, 5.74) is 0. The van der Waals surface area contributed by atoms with Gasteiger partial charge in [-0.1, -0.05) is 4.80 Å². The third-order valence-electron chi connectivity index (χ3n) is 0.829. The van der Waals surface area contributed by atoms with Gasteiger partial charge in [-0.25, -0.2) is 0 Å². The lowest BCUT2D eigenvalue weighted by Crippen LogP contribution is -1.93. The van der Waals surface area contributed by atoms with Crippen LogP contribution in [0.1, 0.15) is 0 Å². The fraction of sp³-hybridized carbons (Fsp3) is 0.333. The molecule has 7 heteroatoms. The second-order valence-corrected chi connectivity index (χ2v) is 2.31. The minimum atomic E-state index is -0.600. The summed E-state index contributed by atoms with van der Waals surface area (Å²) in [5, 5.41) is 17.2. The van der Waals surface area contributed by atoms with Gasteiger partial charge in [-0.3, -0.25) is 0 Å². The highest BCUT2D eigenvalue weighted by atomic mass is 79.9. The van der Waals surface area contributed by atoms with E-state index in [1.54, 1.807) is 0 Å². The van der Waals surface area contributed by atoms with Crippen LogP contribution in [0.2, 0.25) is 0 Å². The second kappa shape index (κ2) is 2.33. The Labute approximate surface area is 64.1 Å². The van der Waals surface area contributed by atoms with E-state index >= 15 is 0 Å². The van der Waals surface area contributed by atoms with E-state index in [4.69, 9.17) is 0 Å². The number of hydrogen-bond acceptors (Lipinski definition) is 4. The van der Waals surface area contributed by atoms with Crippen LogP contribution in [-0.4, -0.2) is 19.9 Å². The first-order chi connectivity index (χ1) is 4.61. The Morgan fingerprint density at radius 1 is 1.70 bits per heavy atom. The molecule has 1 aromatic rings. The molecule has 1 heterocycles. The van der Waals surface area contributed by atoms with Gasteiger partial charge in [-0.15, -0.1) is 5.10 Å². The lowest BCUT2D eigenvalue weighted by molar-refractivity contribution is -0.390. The van der Waals surface area contributed by atoms with Crippen molar-refractivity contribution in [3.8, 4) is 0 Å². The summed E-state index contributed by atoms with van der Waals surface area (Å²) in [7, 11) is 1.51. The first-order valence-electron chi connectivity index (χ1n) is 2.32. The van der Waals surface area contributed by atoms with E-state index in [-0.39, 0.29) is 10.4 Å². The zero-order valence-electron chi connectivity index (χ0n) is 4.98. The van der Waals surface area contributed by atoms with E-state index in [0.717, 1.165) is 4.80 Å². The maximum atomic E-state index is 10.1. The van der Waals surface area contributed by atoms with Crippen LogP contribution in [0, 0.1) is 10.1 Å². The van der Waals surface area contributed by atoms with Crippen molar-refractivity contribution in [2.75, 3.05) is 0 Å². The number of nitro groups is 1. The summed E-state index contributed by atoms with van der Waals surface area (Å²) in [6.45, 7) is 0. The molecule has 0 spiro atoms. The molecule has 0 unspecified atom stereocenters. The molecule has 0 saturated carbocycles. The van der Waals surface area contributed by atoms with Gasteiger partial charge in [0.1, 0.15) is 0 Å². The van der Waals surface area contributed by atoms with Crippen molar-refractivity contribution in [2.45, 2.75) is 0 Å². The average molecular weight is 207 g/mol. The van der Waals surface area contributed by atoms with Gasteiger partial charge in [0.2, 0.25) is 4.60 Å². The van der Waals surface area contributed by atoms with Crippen LogP contribution in [-0.2, 0) is 7.05 Å². The van der Waals surface area contributed by atoms with Crippen LogP contribution in [0.15, 0.2) is 4.60 Å². The molecule has 0 aromatic carbocycles. The van der Waals surface area contributed by atoms with Gasteiger partial charge in [0.25, 0.3) is 0 Å². The molecule has 6 nitrogen and oxygen atoms in total. The van der Waals surface area contributed by atoms with E-state index in [1.807, 2.05) is 0 Å². The van der Waals surface area contributed by atoms with Crippen molar-refractivity contribution < 1.29 is 4.92 Å². The Morgan fingerprint density at radius 3 is 2.50 bits per heavy atom. The second-order valence-electron chi connectivity index (χ2n) is 1.56. The number of aromatic nitrogens is 3. The van der Waals surface area contributed by atoms with E-state index in [9.17, 15) is 10.1 Å². The lowest BCUT2D eigenvalue weighted by Gasteiger charge is -1.82. The molecule has 0 aliphatic carbocycles. The highest BCUT2D eigenvalue weighted by molar-refractivity contribution is 9.10. The van der Waals surface area contributed by atoms with Gasteiger partial charge in [-0.05, 0) is 20.9 Å². The molecule has 0 atom stereocenters. The van der Waals surface area contributed by atoms with E-state index in [2.05, 4.69) is 26.1 Å². The van der Waals surface area contributed by atoms with Crippen LogP contribution < -0.4 is 0 Å². The fourth-order valence-electron chi connectivity index (χ4n) is 0.484. The first-order valence-corrected chi connectivity index (χ1v) is 3.12. The monoisotopic (exact) mass is 206 g/mol. The molecule has 10 heavy (non-hydrogen) atoms. The molecule has 1 rings (SSSR count). The maximum absolute atomic E-state index is 10.1. The Hall–Kier alpha value is -0.980. The number of rotatable bonds is 1. The van der Waals surface area contributed by atoms with Gasteiger partial charge < -0.3 is 10.1 Å². The quantitative estimate of drug-likeness (QED) is 0.495.